The number of guanidine groups is 1. The number of rotatable bonds is 62. The predicted molar refractivity (Wildman–Crippen MR) is 483 cm³/mol. The van der Waals surface area contributed by atoms with Crippen LogP contribution in [0.3, 0.4) is 0 Å². The number of para-hydroxylation sites is 2. The molecule has 45 heteroatoms. The van der Waals surface area contributed by atoms with Gasteiger partial charge in [0.1, 0.15) is 78.5 Å². The number of nitrogens with one attached hydrogen (secondary N) is 18. The number of hydrogen-bond acceptors (Lipinski definition) is 22. The lowest BCUT2D eigenvalue weighted by Crippen LogP contribution is -2.61. The number of aromatic nitrogens is 2. The van der Waals surface area contributed by atoms with E-state index in [1.165, 1.54) is 6.92 Å². The number of hydrogen-bond donors (Lipinski definition) is 25. The van der Waals surface area contributed by atoms with Gasteiger partial charge in [-0.1, -0.05) is 95.9 Å². The van der Waals surface area contributed by atoms with E-state index >= 15 is 0 Å². The first-order chi connectivity index (χ1) is 61.8. The highest BCUT2D eigenvalue weighted by molar-refractivity contribution is 6.02. The molecular weight excluding hydrogens is 1690 g/mol. The van der Waals surface area contributed by atoms with Crippen LogP contribution in [-0.4, -0.2) is 234 Å². The zero-order chi connectivity index (χ0) is 96.7. The summed E-state index contributed by atoms with van der Waals surface area (Å²) in [4.78, 5) is 246. The summed E-state index contributed by atoms with van der Waals surface area (Å²) in [7, 11) is 0. The summed E-state index contributed by atoms with van der Waals surface area (Å²) in [6, 6.07) is -4.70. The number of carbonyl (C=O) groups is 17. The van der Waals surface area contributed by atoms with Crippen LogP contribution in [0.2, 0.25) is 0 Å². The average molecular weight is 1820 g/mol. The Morgan fingerprint density at radius 3 is 1.25 bits per heavy atom. The first-order valence-corrected chi connectivity index (χ1v) is 43.6. The molecule has 45 nitrogen and oxygen atoms in total. The summed E-state index contributed by atoms with van der Waals surface area (Å²) >= 11 is 0. The standard InChI is InChI=1S/C85H132N28O17/c1-9-23-56(72(91)118)102-78(124)62(33-34-66(89)115)104-76(122)59(28-15-18-35-86)106-84(130)71(48(7)10-2)112-81(127)64(41-51-44-97-55-27-14-12-25-53(51)55)107-75(121)58(31-21-37-88)101-68(117)45-98-73(119)65(42-67(90)116)109-83(129)70(47(5)6)110-79(125)60(29-16-19-36-87)105-82(128)69(46(3)4)111-80(126)63(40-50-43-96-54-26-13-11-24-52(50)54)108-77(123)61(32-22-38-95-85(92)93)103-74(120)57(100-49(8)114)30-17-20-39-99-113-94/h1,11-14,24-27,43-44,46-48,56-65,69-71,96-97H,10,15-23,28-42,45,86-88H2,2-8H3,(H2,89,115)(H2,90,116)(H2,91,118)(H,98,119)(H,100,114)(H,101,117)(H,102,124)(H,103,120)(H,104,122)(H,105,128)(H,106,130)(H,107,121)(H,108,123)(H,109,129)(H,110,125)(H,111,126)(H,112,127)(H4,92,93,95)/t48-,56-,57-,58-,59-,60-,61-,62-,63-,64-,65-,69-,70-,71-/m0/s1. The molecule has 4 rings (SSSR count). The van der Waals surface area contributed by atoms with Crippen LogP contribution in [-0.2, 0) is 94.3 Å². The van der Waals surface area contributed by atoms with Crippen LogP contribution in [0, 0.1) is 35.5 Å². The number of terminal acetylenes is 1. The largest absolute Gasteiger partial charge is 0.370 e. The number of H-pyrrole nitrogens is 2. The van der Waals surface area contributed by atoms with Crippen molar-refractivity contribution in [3.8, 4) is 12.3 Å². The van der Waals surface area contributed by atoms with Crippen molar-refractivity contribution in [1.29, 1.82) is 5.41 Å². The van der Waals surface area contributed by atoms with Gasteiger partial charge in [-0.2, -0.15) is 0 Å². The maximum atomic E-state index is 15.0. The molecule has 0 bridgehead atoms. The van der Waals surface area contributed by atoms with Gasteiger partial charge >= 0.3 is 0 Å². The third kappa shape index (κ3) is 37.8. The third-order valence-electron chi connectivity index (χ3n) is 21.4. The molecule has 0 fully saturated rings. The number of nitrogens with zero attached hydrogens (tertiary/aromatic N) is 3. The van der Waals surface area contributed by atoms with Gasteiger partial charge in [-0.05, 0) is 150 Å². The first kappa shape index (κ1) is 109. The Morgan fingerprint density at radius 2 is 0.831 bits per heavy atom. The molecule has 0 radical (unpaired) electrons. The van der Waals surface area contributed by atoms with Crippen LogP contribution in [0.1, 0.15) is 175 Å². The molecule has 17 amide bonds. The highest BCUT2D eigenvalue weighted by Gasteiger charge is 2.40. The highest BCUT2D eigenvalue weighted by atomic mass is 16.2. The number of amides is 17. The molecule has 0 aliphatic rings. The van der Waals surface area contributed by atoms with Crippen LogP contribution in [0.4, 0.5) is 0 Å². The topological polar surface area (TPSA) is 757 Å². The SMILES string of the molecule is C#CC[C@H](NC(=O)[C@H](CCC(N)=O)NC(=O)[C@H](CCCCN)NC(=O)[C@@H](NC(=O)[C@H](Cc1c[nH]c2ccccc12)NC(=O)[C@H](CCCN)NC(=O)CNC(=O)[C@H](CC(N)=O)NC(=O)[C@@H](NC(=O)[C@H](CCCCN)NC(=O)[C@@H](NC(=O)[C@H](Cc1c[nH]c2ccccc12)NC(=O)[C@H](CCCNC(=N)N)NC(=O)[C@H](CCCCN=[N+]=[N-])NC(C)=O)C(C)C)C(C)C)[C@@H](C)CC)C(N)=O. The smallest absolute Gasteiger partial charge is 0.243 e. The van der Waals surface area contributed by atoms with E-state index in [1.807, 2.05) is 0 Å². The molecular formula is C85H132N28O17. The molecule has 0 saturated heterocycles. The van der Waals surface area contributed by atoms with Gasteiger partial charge < -0.3 is 130 Å². The van der Waals surface area contributed by atoms with E-state index in [0.717, 1.165) is 0 Å². The lowest BCUT2D eigenvalue weighted by Gasteiger charge is -2.30. The van der Waals surface area contributed by atoms with Crippen molar-refractivity contribution < 1.29 is 81.5 Å². The van der Waals surface area contributed by atoms with E-state index in [0.29, 0.717) is 58.6 Å². The van der Waals surface area contributed by atoms with E-state index < -0.39 is 216 Å². The van der Waals surface area contributed by atoms with Crippen LogP contribution in [0.5, 0.6) is 0 Å². The molecule has 2 aromatic heterocycles. The van der Waals surface area contributed by atoms with Gasteiger partial charge in [-0.15, -0.1) is 12.3 Å². The minimum absolute atomic E-state index is 0.000446. The van der Waals surface area contributed by atoms with Crippen molar-refractivity contribution in [2.75, 3.05) is 39.3 Å². The minimum atomic E-state index is -1.81. The van der Waals surface area contributed by atoms with Crippen molar-refractivity contribution in [3.05, 3.63) is 82.5 Å². The molecule has 2 heterocycles. The Labute approximate surface area is 754 Å². The van der Waals surface area contributed by atoms with Crippen LogP contribution in [0.15, 0.2) is 66.0 Å². The van der Waals surface area contributed by atoms with Crippen LogP contribution >= 0.6 is 0 Å². The molecule has 0 aliphatic carbocycles. The van der Waals surface area contributed by atoms with Crippen LogP contribution in [0.25, 0.3) is 32.2 Å². The number of nitrogens with two attached hydrogens (primary N) is 7. The summed E-state index contributed by atoms with van der Waals surface area (Å²) < 4.78 is 0. The molecule has 14 atom stereocenters. The van der Waals surface area contributed by atoms with E-state index in [9.17, 15) is 81.5 Å². The number of carbonyl (C=O) groups excluding carboxylic acids is 17. The second-order valence-electron chi connectivity index (χ2n) is 32.5. The normalized spacial score (nSPS) is 14.3. The fourth-order valence-corrected chi connectivity index (χ4v) is 14.0. The number of fused-ring (bicyclic) bond motifs is 2. The Balaban J connectivity index is 1.60. The number of benzene rings is 2. The lowest BCUT2D eigenvalue weighted by atomic mass is 9.96. The summed E-state index contributed by atoms with van der Waals surface area (Å²) in [5.41, 5.74) is 50.8. The fourth-order valence-electron chi connectivity index (χ4n) is 14.0. The summed E-state index contributed by atoms with van der Waals surface area (Å²) in [5, 5.41) is 51.7. The van der Waals surface area contributed by atoms with Gasteiger partial charge in [0.25, 0.3) is 0 Å². The van der Waals surface area contributed by atoms with Gasteiger partial charge in [0.05, 0.1) is 13.0 Å². The van der Waals surface area contributed by atoms with E-state index in [1.54, 1.807) is 102 Å². The van der Waals surface area contributed by atoms with Crippen molar-refractivity contribution >= 4 is 128 Å². The maximum absolute atomic E-state index is 15.0. The Bertz CT molecular complexity index is 4620. The van der Waals surface area contributed by atoms with Gasteiger partial charge in [-0.3, -0.25) is 86.9 Å². The predicted octanol–water partition coefficient (Wildman–Crippen LogP) is -3.38. The van der Waals surface area contributed by atoms with Gasteiger partial charge in [0.2, 0.25) is 100 Å². The lowest BCUT2D eigenvalue weighted by molar-refractivity contribution is -0.137. The molecule has 714 valence electrons. The van der Waals surface area contributed by atoms with Crippen molar-refractivity contribution in [3.63, 3.8) is 0 Å². The zero-order valence-electron chi connectivity index (χ0n) is 74.8. The van der Waals surface area contributed by atoms with Crippen molar-refractivity contribution in [2.45, 2.75) is 255 Å². The van der Waals surface area contributed by atoms with Gasteiger partial charge in [-0.25, -0.2) is 0 Å². The number of aromatic amines is 2. The molecule has 32 N–H and O–H groups in total. The van der Waals surface area contributed by atoms with Crippen molar-refractivity contribution in [2.24, 2.45) is 63.0 Å². The second-order valence-corrected chi connectivity index (χ2v) is 32.5. The Hall–Kier alpha value is -13.5. The number of unbranched alkanes of at least 4 members (excludes halogenated alkanes) is 3. The molecule has 130 heavy (non-hydrogen) atoms. The van der Waals surface area contributed by atoms with E-state index in [2.05, 4.69) is 106 Å². The Morgan fingerprint density at radius 1 is 0.446 bits per heavy atom. The summed E-state index contributed by atoms with van der Waals surface area (Å²) in [5.74, 6) is -15.8. The molecule has 2 aromatic carbocycles. The molecule has 4 aromatic rings. The first-order valence-electron chi connectivity index (χ1n) is 43.6. The fraction of sp³-hybridized carbons (Fsp3) is 0.576. The van der Waals surface area contributed by atoms with Gasteiger partial charge in [0.15, 0.2) is 5.96 Å². The quantitative estimate of drug-likeness (QED) is 0.00390. The average Bonchev–Trinajstić information content (AvgIpc) is 1.66. The summed E-state index contributed by atoms with van der Waals surface area (Å²) in [6.07, 6.45) is 8.57. The third-order valence-corrected chi connectivity index (χ3v) is 21.4. The van der Waals surface area contributed by atoms with Gasteiger partial charge in [0, 0.05) is 84.8 Å². The highest BCUT2D eigenvalue weighted by Crippen LogP contribution is 2.23. The van der Waals surface area contributed by atoms with Crippen molar-refractivity contribution in [1.82, 2.24) is 89.7 Å². The van der Waals surface area contributed by atoms with E-state index in [-0.39, 0.29) is 129 Å². The zero-order valence-corrected chi connectivity index (χ0v) is 74.8. The number of azide groups is 1. The van der Waals surface area contributed by atoms with E-state index in [4.69, 9.17) is 57.5 Å². The minimum Gasteiger partial charge on any atom is -0.370 e. The monoisotopic (exact) mass is 1820 g/mol. The maximum Gasteiger partial charge on any atom is 0.243 e. The van der Waals surface area contributed by atoms with Crippen LogP contribution < -0.4 is 120 Å². The summed E-state index contributed by atoms with van der Waals surface area (Å²) in [6.45, 7) is 10.5. The molecule has 0 spiro atoms. The molecule has 0 unspecified atom stereocenters. The number of primary amides is 3. The molecule has 0 aliphatic heterocycles. The second kappa shape index (κ2) is 57.4. The molecule has 0 saturated carbocycles. The Kier molecular flexibility index (Phi) is 48.0.